The van der Waals surface area contributed by atoms with Crippen molar-refractivity contribution in [1.82, 2.24) is 30.1 Å². The van der Waals surface area contributed by atoms with E-state index in [4.69, 9.17) is 4.98 Å². The minimum atomic E-state index is 0.0376. The van der Waals surface area contributed by atoms with Crippen molar-refractivity contribution in [1.29, 1.82) is 0 Å². The van der Waals surface area contributed by atoms with Gasteiger partial charge in [0.1, 0.15) is 0 Å². The van der Waals surface area contributed by atoms with Gasteiger partial charge in [0, 0.05) is 46.0 Å². The molecule has 0 bridgehead atoms. The van der Waals surface area contributed by atoms with Gasteiger partial charge in [-0.1, -0.05) is 54.9 Å². The summed E-state index contributed by atoms with van der Waals surface area (Å²) in [6.45, 7) is 3.76. The van der Waals surface area contributed by atoms with E-state index < -0.39 is 0 Å². The number of nitrogens with zero attached hydrogens (tertiary/aromatic N) is 8. The molecule has 36 heavy (non-hydrogen) atoms. The van der Waals surface area contributed by atoms with Crippen LogP contribution < -0.4 is 9.80 Å². The zero-order chi connectivity index (χ0) is 24.5. The van der Waals surface area contributed by atoms with Gasteiger partial charge in [0.25, 0.3) is 0 Å². The molecular formula is C27H34N8S. The van der Waals surface area contributed by atoms with E-state index in [1.54, 1.807) is 11.3 Å². The van der Waals surface area contributed by atoms with Crippen LogP contribution in [0.4, 0.5) is 10.8 Å². The molecule has 4 aromatic rings. The molecule has 6 rings (SSSR count). The van der Waals surface area contributed by atoms with Crippen LogP contribution in [0, 0.1) is 0 Å². The van der Waals surface area contributed by atoms with Crippen molar-refractivity contribution in [2.45, 2.75) is 44.2 Å². The standard InChI is InChI=1S/C27H34N8S/c1-32(2)21-14-12-20(13-15-21)25(26-29-30-31-35(26)22-8-4-3-5-9-22)33-16-18-34(19-17-33)27-28-23-10-6-7-11-24(23)36-27/h6-7,10-15,22,25H,3-5,8-9,16-19H2,1-2H3/t25-/m0/s1. The van der Waals surface area contributed by atoms with Crippen molar-refractivity contribution in [3.8, 4) is 0 Å². The summed E-state index contributed by atoms with van der Waals surface area (Å²) in [4.78, 5) is 12.0. The number of hydrogen-bond acceptors (Lipinski definition) is 8. The Hall–Kier alpha value is -3.04. The number of fused-ring (bicyclic) bond motifs is 1. The maximum atomic E-state index is 4.90. The number of hydrogen-bond donors (Lipinski definition) is 0. The lowest BCUT2D eigenvalue weighted by atomic mass is 9.95. The summed E-state index contributed by atoms with van der Waals surface area (Å²) >= 11 is 1.79. The van der Waals surface area contributed by atoms with Crippen molar-refractivity contribution in [3.05, 3.63) is 59.9 Å². The highest BCUT2D eigenvalue weighted by Gasteiger charge is 2.33. The van der Waals surface area contributed by atoms with Crippen molar-refractivity contribution < 1.29 is 0 Å². The molecule has 3 heterocycles. The highest BCUT2D eigenvalue weighted by Crippen LogP contribution is 2.35. The molecule has 1 saturated carbocycles. The molecule has 0 N–H and O–H groups in total. The van der Waals surface area contributed by atoms with E-state index in [0.29, 0.717) is 6.04 Å². The second-order valence-corrected chi connectivity index (χ2v) is 11.2. The number of rotatable bonds is 6. The number of para-hydroxylation sites is 1. The molecule has 1 aliphatic carbocycles. The number of piperazine rings is 1. The van der Waals surface area contributed by atoms with Crippen molar-refractivity contribution in [3.63, 3.8) is 0 Å². The number of tetrazole rings is 1. The molecular weight excluding hydrogens is 468 g/mol. The van der Waals surface area contributed by atoms with Crippen LogP contribution in [0.3, 0.4) is 0 Å². The normalized spacial score (nSPS) is 18.6. The minimum Gasteiger partial charge on any atom is -0.378 e. The first-order chi connectivity index (χ1) is 17.7. The molecule has 8 nitrogen and oxygen atoms in total. The third-order valence-electron chi connectivity index (χ3n) is 7.64. The van der Waals surface area contributed by atoms with E-state index in [-0.39, 0.29) is 6.04 Å². The Morgan fingerprint density at radius 1 is 0.917 bits per heavy atom. The topological polar surface area (TPSA) is 66.2 Å². The molecule has 0 amide bonds. The molecule has 9 heteroatoms. The molecule has 2 aromatic carbocycles. The average molecular weight is 503 g/mol. The Bertz CT molecular complexity index is 1250. The van der Waals surface area contributed by atoms with Gasteiger partial charge in [0.05, 0.1) is 22.3 Å². The Morgan fingerprint density at radius 3 is 2.39 bits per heavy atom. The van der Waals surface area contributed by atoms with E-state index in [9.17, 15) is 0 Å². The first-order valence-electron chi connectivity index (χ1n) is 13.1. The van der Waals surface area contributed by atoms with Gasteiger partial charge < -0.3 is 9.80 Å². The van der Waals surface area contributed by atoms with Gasteiger partial charge in [0.15, 0.2) is 11.0 Å². The fourth-order valence-corrected chi connectivity index (χ4v) is 6.63. The molecule has 0 spiro atoms. The lowest BCUT2D eigenvalue weighted by Crippen LogP contribution is -2.48. The number of benzene rings is 2. The van der Waals surface area contributed by atoms with E-state index in [1.807, 2.05) is 0 Å². The largest absolute Gasteiger partial charge is 0.378 e. The van der Waals surface area contributed by atoms with Gasteiger partial charge in [-0.2, -0.15) is 0 Å². The summed E-state index contributed by atoms with van der Waals surface area (Å²) in [5.41, 5.74) is 3.54. The lowest BCUT2D eigenvalue weighted by molar-refractivity contribution is 0.193. The van der Waals surface area contributed by atoms with Crippen LogP contribution >= 0.6 is 11.3 Å². The van der Waals surface area contributed by atoms with E-state index >= 15 is 0 Å². The molecule has 2 fully saturated rings. The average Bonchev–Trinajstić information content (AvgIpc) is 3.58. The van der Waals surface area contributed by atoms with Crippen LogP contribution in [0.25, 0.3) is 10.2 Å². The third-order valence-corrected chi connectivity index (χ3v) is 8.74. The monoisotopic (exact) mass is 502 g/mol. The summed E-state index contributed by atoms with van der Waals surface area (Å²) in [5.74, 6) is 0.980. The van der Waals surface area contributed by atoms with Gasteiger partial charge in [-0.3, -0.25) is 4.90 Å². The van der Waals surface area contributed by atoms with E-state index in [0.717, 1.165) is 55.5 Å². The number of thiazole rings is 1. The van der Waals surface area contributed by atoms with Gasteiger partial charge in [-0.25, -0.2) is 9.67 Å². The zero-order valence-electron chi connectivity index (χ0n) is 21.1. The number of aromatic nitrogens is 5. The Morgan fingerprint density at radius 2 is 1.67 bits per heavy atom. The summed E-state index contributed by atoms with van der Waals surface area (Å²) < 4.78 is 3.39. The molecule has 0 unspecified atom stereocenters. The van der Waals surface area contributed by atoms with E-state index in [1.165, 1.54) is 35.2 Å². The number of anilines is 2. The van der Waals surface area contributed by atoms with Crippen molar-refractivity contribution >= 4 is 32.4 Å². The lowest BCUT2D eigenvalue weighted by Gasteiger charge is -2.39. The molecule has 188 valence electrons. The quantitative estimate of drug-likeness (QED) is 0.376. The predicted octanol–water partition coefficient (Wildman–Crippen LogP) is 4.77. The van der Waals surface area contributed by atoms with Crippen molar-refractivity contribution in [2.24, 2.45) is 0 Å². The fraction of sp³-hybridized carbons (Fsp3) is 0.481. The highest BCUT2D eigenvalue weighted by molar-refractivity contribution is 7.22. The van der Waals surface area contributed by atoms with Crippen LogP contribution in [-0.2, 0) is 0 Å². The SMILES string of the molecule is CN(C)c1ccc([C@@H](c2nnnn2C2CCCCC2)N2CCN(c3nc4ccccc4s3)CC2)cc1. The first kappa shape index (κ1) is 23.4. The molecule has 0 radical (unpaired) electrons. The molecule has 2 aromatic heterocycles. The highest BCUT2D eigenvalue weighted by atomic mass is 32.1. The van der Waals surface area contributed by atoms with Crippen LogP contribution in [0.5, 0.6) is 0 Å². The van der Waals surface area contributed by atoms with Crippen molar-refractivity contribution in [2.75, 3.05) is 50.1 Å². The van der Waals surface area contributed by atoms with Gasteiger partial charge >= 0.3 is 0 Å². The Balaban J connectivity index is 1.28. The summed E-state index contributed by atoms with van der Waals surface area (Å²) in [6, 6.07) is 17.8. The predicted molar refractivity (Wildman–Crippen MR) is 146 cm³/mol. The second kappa shape index (κ2) is 10.1. The Labute approximate surface area is 216 Å². The second-order valence-electron chi connectivity index (χ2n) is 10.1. The van der Waals surface area contributed by atoms with E-state index in [2.05, 4.69) is 97.5 Å². The molecule has 2 aliphatic rings. The fourth-order valence-electron chi connectivity index (χ4n) is 5.61. The molecule has 1 aliphatic heterocycles. The summed E-state index contributed by atoms with van der Waals surface area (Å²) in [6.07, 6.45) is 6.16. The first-order valence-corrected chi connectivity index (χ1v) is 13.9. The molecule has 1 atom stereocenters. The van der Waals surface area contributed by atoms with Gasteiger partial charge in [-0.05, 0) is 53.1 Å². The van der Waals surface area contributed by atoms with Crippen LogP contribution in [0.1, 0.15) is 55.6 Å². The minimum absolute atomic E-state index is 0.0376. The maximum Gasteiger partial charge on any atom is 0.186 e. The molecule has 1 saturated heterocycles. The smallest absolute Gasteiger partial charge is 0.186 e. The maximum absolute atomic E-state index is 4.90. The van der Waals surface area contributed by atoms with Crippen LogP contribution in [-0.4, -0.2) is 70.4 Å². The zero-order valence-corrected chi connectivity index (χ0v) is 21.9. The third kappa shape index (κ3) is 4.57. The summed E-state index contributed by atoms with van der Waals surface area (Å²) in [5, 5.41) is 14.4. The van der Waals surface area contributed by atoms with Crippen LogP contribution in [0.15, 0.2) is 48.5 Å². The van der Waals surface area contributed by atoms with Crippen LogP contribution in [0.2, 0.25) is 0 Å². The Kier molecular flexibility index (Phi) is 6.58. The summed E-state index contributed by atoms with van der Waals surface area (Å²) in [7, 11) is 4.16. The van der Waals surface area contributed by atoms with Gasteiger partial charge in [-0.15, -0.1) is 5.10 Å². The van der Waals surface area contributed by atoms with Gasteiger partial charge in [0.2, 0.25) is 0 Å².